The molecular formula is C22H18O9. The molecule has 31 heavy (non-hydrogen) atoms. The van der Waals surface area contributed by atoms with Gasteiger partial charge in [-0.05, 0) is 31.2 Å². The number of rotatable bonds is 3. The summed E-state index contributed by atoms with van der Waals surface area (Å²) >= 11 is 0. The molecule has 0 saturated carbocycles. The molecule has 3 N–H and O–H groups in total. The molecule has 0 saturated heterocycles. The Morgan fingerprint density at radius 3 is 1.97 bits per heavy atom. The van der Waals surface area contributed by atoms with E-state index in [1.165, 1.54) is 42.5 Å². The van der Waals surface area contributed by atoms with Crippen LogP contribution in [0.15, 0.2) is 67.0 Å². The minimum atomic E-state index is -0.699. The van der Waals surface area contributed by atoms with E-state index in [1.807, 2.05) is 0 Å². The number of carbonyl (C=O) groups is 1. The Morgan fingerprint density at radius 1 is 0.871 bits per heavy atom. The number of fused-ring (bicyclic) bond motifs is 2. The van der Waals surface area contributed by atoms with Gasteiger partial charge in [-0.15, -0.1) is 0 Å². The lowest BCUT2D eigenvalue weighted by Crippen LogP contribution is -2.09. The van der Waals surface area contributed by atoms with Crippen LogP contribution in [0, 0.1) is 0 Å². The van der Waals surface area contributed by atoms with Gasteiger partial charge in [-0.25, -0.2) is 4.79 Å². The first-order valence-corrected chi connectivity index (χ1v) is 9.13. The van der Waals surface area contributed by atoms with E-state index in [0.29, 0.717) is 10.8 Å². The van der Waals surface area contributed by atoms with E-state index in [1.54, 1.807) is 6.92 Å². The third-order valence-corrected chi connectivity index (χ3v) is 4.11. The Bertz CT molecular complexity index is 1370. The highest BCUT2D eigenvalue weighted by Gasteiger charge is 2.13. The number of phenolic OH excluding ortho intramolecular Hbond substituents is 2. The second-order valence-electron chi connectivity index (χ2n) is 6.29. The summed E-state index contributed by atoms with van der Waals surface area (Å²) in [5.74, 6) is -0.699. The van der Waals surface area contributed by atoms with Crippen molar-refractivity contribution in [3.05, 3.63) is 80.5 Å². The molecule has 0 radical (unpaired) electrons. The second kappa shape index (κ2) is 9.14. The summed E-state index contributed by atoms with van der Waals surface area (Å²) < 4.78 is 15.1. The average molecular weight is 426 g/mol. The van der Waals surface area contributed by atoms with Crippen LogP contribution in [-0.4, -0.2) is 27.9 Å². The Morgan fingerprint density at radius 2 is 1.42 bits per heavy atom. The van der Waals surface area contributed by atoms with E-state index in [9.17, 15) is 19.5 Å². The maximum Gasteiger partial charge on any atom is 0.374 e. The average Bonchev–Trinajstić information content (AvgIpc) is 2.73. The number of phenols is 2. The lowest BCUT2D eigenvalue weighted by atomic mass is 10.2. The van der Waals surface area contributed by atoms with Gasteiger partial charge >= 0.3 is 5.97 Å². The molecule has 0 fully saturated rings. The third-order valence-electron chi connectivity index (χ3n) is 4.11. The zero-order chi connectivity index (χ0) is 22.5. The zero-order valence-corrected chi connectivity index (χ0v) is 16.3. The summed E-state index contributed by atoms with van der Waals surface area (Å²) in [5.41, 5.74) is -0.147. The van der Waals surface area contributed by atoms with Gasteiger partial charge in [-0.3, -0.25) is 9.59 Å². The van der Waals surface area contributed by atoms with Gasteiger partial charge < -0.3 is 28.9 Å². The molecule has 0 unspecified atom stereocenters. The quantitative estimate of drug-likeness (QED) is 0.421. The summed E-state index contributed by atoms with van der Waals surface area (Å²) in [6.07, 6.45) is 0. The number of aromatic hydroxyl groups is 2. The fourth-order valence-electron chi connectivity index (χ4n) is 2.72. The summed E-state index contributed by atoms with van der Waals surface area (Å²) in [5, 5.41) is 27.9. The topological polar surface area (TPSA) is 147 Å². The van der Waals surface area contributed by atoms with Crippen molar-refractivity contribution in [3.8, 4) is 11.5 Å². The van der Waals surface area contributed by atoms with Gasteiger partial charge in [-0.1, -0.05) is 0 Å². The summed E-state index contributed by atoms with van der Waals surface area (Å²) in [4.78, 5) is 34.5. The highest BCUT2D eigenvalue weighted by atomic mass is 16.5. The first-order chi connectivity index (χ1) is 14.8. The molecule has 9 heteroatoms. The molecule has 2 aromatic carbocycles. The molecule has 0 aliphatic rings. The number of carbonyl (C=O) groups excluding carboxylic acids is 1. The molecule has 0 spiro atoms. The molecule has 0 aliphatic heterocycles. The fraction of sp³-hybridized carbons (Fsp3) is 0.136. The predicted molar refractivity (Wildman–Crippen MR) is 110 cm³/mol. The number of esters is 1. The molecule has 0 amide bonds. The number of hydrogen-bond acceptors (Lipinski definition) is 9. The molecule has 4 aromatic rings. The van der Waals surface area contributed by atoms with Gasteiger partial charge in [-0.2, -0.15) is 0 Å². The number of aliphatic hydroxyl groups is 1. The van der Waals surface area contributed by atoms with Crippen molar-refractivity contribution < 1.29 is 33.7 Å². The SMILES string of the molecule is CCOC(=O)c1cc(=O)c2ccc(O)cc2o1.O=c1cc(CO)oc2cc(O)ccc12. The van der Waals surface area contributed by atoms with Crippen molar-refractivity contribution in [1.29, 1.82) is 0 Å². The fourth-order valence-corrected chi connectivity index (χ4v) is 2.72. The van der Waals surface area contributed by atoms with E-state index in [0.717, 1.165) is 6.07 Å². The summed E-state index contributed by atoms with van der Waals surface area (Å²) in [6, 6.07) is 10.6. The van der Waals surface area contributed by atoms with E-state index >= 15 is 0 Å². The van der Waals surface area contributed by atoms with Gasteiger partial charge in [0, 0.05) is 24.3 Å². The van der Waals surface area contributed by atoms with Crippen LogP contribution < -0.4 is 10.9 Å². The third kappa shape index (κ3) is 4.90. The van der Waals surface area contributed by atoms with Crippen molar-refractivity contribution in [3.63, 3.8) is 0 Å². The monoisotopic (exact) mass is 426 g/mol. The van der Waals surface area contributed by atoms with Crippen LogP contribution in [0.2, 0.25) is 0 Å². The Kier molecular flexibility index (Phi) is 6.37. The minimum Gasteiger partial charge on any atom is -0.508 e. The largest absolute Gasteiger partial charge is 0.508 e. The molecular weight excluding hydrogens is 408 g/mol. The molecule has 0 atom stereocenters. The molecule has 0 aliphatic carbocycles. The molecule has 4 rings (SSSR count). The maximum atomic E-state index is 11.7. The molecule has 2 heterocycles. The van der Waals surface area contributed by atoms with Crippen LogP contribution in [0.1, 0.15) is 23.2 Å². The molecule has 0 bridgehead atoms. The number of ether oxygens (including phenoxy) is 1. The number of aliphatic hydroxyl groups excluding tert-OH is 1. The van der Waals surface area contributed by atoms with Crippen LogP contribution >= 0.6 is 0 Å². The zero-order valence-electron chi connectivity index (χ0n) is 16.3. The molecule has 9 nitrogen and oxygen atoms in total. The Balaban J connectivity index is 0.000000179. The van der Waals surface area contributed by atoms with Crippen molar-refractivity contribution >= 4 is 27.9 Å². The van der Waals surface area contributed by atoms with Crippen molar-refractivity contribution in [2.24, 2.45) is 0 Å². The number of benzene rings is 2. The first-order valence-electron chi connectivity index (χ1n) is 9.13. The van der Waals surface area contributed by atoms with Gasteiger partial charge in [0.1, 0.15) is 35.0 Å². The van der Waals surface area contributed by atoms with Gasteiger partial charge in [0.2, 0.25) is 5.76 Å². The minimum absolute atomic E-state index is 0.0238. The lowest BCUT2D eigenvalue weighted by Gasteiger charge is -2.02. The maximum absolute atomic E-state index is 11.7. The Hall–Kier alpha value is -4.11. The highest BCUT2D eigenvalue weighted by molar-refractivity contribution is 5.89. The standard InChI is InChI=1S/C12H10O5.C10H8O4/c1-2-16-12(15)11-6-9(14)8-4-3-7(13)5-10(8)17-11;11-5-7-4-9(13)8-2-1-6(12)3-10(8)14-7/h3-6,13H,2H2,1H3;1-4,11-12H,5H2. The number of hydrogen-bond donors (Lipinski definition) is 3. The van der Waals surface area contributed by atoms with Crippen molar-refractivity contribution in [2.75, 3.05) is 6.61 Å². The van der Waals surface area contributed by atoms with Crippen molar-refractivity contribution in [2.45, 2.75) is 13.5 Å². The van der Waals surface area contributed by atoms with Crippen molar-refractivity contribution in [1.82, 2.24) is 0 Å². The van der Waals surface area contributed by atoms with E-state index < -0.39 is 5.97 Å². The van der Waals surface area contributed by atoms with Crippen LogP contribution in [0.25, 0.3) is 21.9 Å². The van der Waals surface area contributed by atoms with Gasteiger partial charge in [0.25, 0.3) is 0 Å². The van der Waals surface area contributed by atoms with E-state index in [-0.39, 0.29) is 58.3 Å². The lowest BCUT2D eigenvalue weighted by molar-refractivity contribution is 0.0490. The molecule has 160 valence electrons. The smallest absolute Gasteiger partial charge is 0.374 e. The second-order valence-corrected chi connectivity index (χ2v) is 6.29. The van der Waals surface area contributed by atoms with E-state index in [4.69, 9.17) is 23.8 Å². The first kappa shape index (κ1) is 21.6. The summed E-state index contributed by atoms with van der Waals surface area (Å²) in [6.45, 7) is 1.52. The highest BCUT2D eigenvalue weighted by Crippen LogP contribution is 2.19. The summed E-state index contributed by atoms with van der Waals surface area (Å²) in [7, 11) is 0. The van der Waals surface area contributed by atoms with Crippen LogP contribution in [0.5, 0.6) is 11.5 Å². The molecule has 2 aromatic heterocycles. The van der Waals surface area contributed by atoms with Gasteiger partial charge in [0.15, 0.2) is 10.9 Å². The van der Waals surface area contributed by atoms with Gasteiger partial charge in [0.05, 0.1) is 17.4 Å². The predicted octanol–water partition coefficient (Wildman–Crippen LogP) is 2.67. The van der Waals surface area contributed by atoms with E-state index in [2.05, 4.69) is 0 Å². The van der Waals surface area contributed by atoms with Crippen LogP contribution in [0.4, 0.5) is 0 Å². The van der Waals surface area contributed by atoms with Crippen LogP contribution in [0.3, 0.4) is 0 Å². The normalized spacial score (nSPS) is 10.5. The Labute approximate surface area is 174 Å². The van der Waals surface area contributed by atoms with Crippen LogP contribution in [-0.2, 0) is 11.3 Å².